The highest BCUT2D eigenvalue weighted by Gasteiger charge is 2.61. The minimum Gasteiger partial charge on any atom is -0.305 e. The Labute approximate surface area is 119 Å². The minimum absolute atomic E-state index is 0.368. The number of hydrogen-bond donors (Lipinski definition) is 0. The molecule has 0 spiro atoms. The van der Waals surface area contributed by atoms with Gasteiger partial charge in [-0.1, -0.05) is 29.4 Å². The lowest BCUT2D eigenvalue weighted by atomic mass is 9.64. The van der Waals surface area contributed by atoms with E-state index in [0.717, 1.165) is 23.4 Å². The van der Waals surface area contributed by atoms with Gasteiger partial charge in [-0.05, 0) is 55.2 Å². The van der Waals surface area contributed by atoms with Crippen molar-refractivity contribution in [2.45, 2.75) is 24.7 Å². The molecule has 4 atom stereocenters. The molecule has 1 heterocycles. The lowest BCUT2D eigenvalue weighted by Crippen LogP contribution is -2.40. The molecule has 2 bridgehead atoms. The molecule has 0 aromatic heterocycles. The molecule has 104 valence electrons. The molecule has 0 amide bonds. The van der Waals surface area contributed by atoms with Crippen LogP contribution in [0.5, 0.6) is 0 Å². The Hall–Kier alpha value is -1.51. The molecule has 2 saturated carbocycles. The van der Waals surface area contributed by atoms with Gasteiger partial charge >= 0.3 is 0 Å². The van der Waals surface area contributed by atoms with Gasteiger partial charge in [-0.15, -0.1) is 0 Å². The molecule has 1 saturated heterocycles. The molecule has 1 aromatic carbocycles. The average Bonchev–Trinajstić information content (AvgIpc) is 3.10. The zero-order valence-electron chi connectivity index (χ0n) is 11.9. The van der Waals surface area contributed by atoms with Crippen LogP contribution in [0.1, 0.15) is 24.8 Å². The van der Waals surface area contributed by atoms with Crippen LogP contribution in [-0.4, -0.2) is 25.0 Å². The van der Waals surface area contributed by atoms with Gasteiger partial charge in [-0.25, -0.2) is 0 Å². The Kier molecular flexibility index (Phi) is 2.60. The second-order valence-corrected chi connectivity index (χ2v) is 6.85. The van der Waals surface area contributed by atoms with Crippen LogP contribution in [0.2, 0.25) is 0 Å². The van der Waals surface area contributed by atoms with Gasteiger partial charge < -0.3 is 4.90 Å². The molecule has 4 unspecified atom stereocenters. The van der Waals surface area contributed by atoms with Gasteiger partial charge in [0, 0.05) is 29.1 Å². The van der Waals surface area contributed by atoms with Crippen LogP contribution in [0.3, 0.4) is 0 Å². The first-order chi connectivity index (χ1) is 9.74. The molecule has 2 aliphatic carbocycles. The Bertz CT molecular complexity index is 575. The molecule has 0 N–H and O–H groups in total. The van der Waals surface area contributed by atoms with Gasteiger partial charge in [-0.2, -0.15) is 0 Å². The van der Waals surface area contributed by atoms with Gasteiger partial charge in [0.15, 0.2) is 0 Å². The van der Waals surface area contributed by atoms with Crippen molar-refractivity contribution in [3.63, 3.8) is 0 Å². The molecule has 4 nitrogen and oxygen atoms in total. The lowest BCUT2D eigenvalue weighted by molar-refractivity contribution is 0.223. The van der Waals surface area contributed by atoms with Gasteiger partial charge in [-0.3, -0.25) is 0 Å². The second-order valence-electron chi connectivity index (χ2n) is 6.85. The van der Waals surface area contributed by atoms with Gasteiger partial charge in [0.05, 0.1) is 0 Å². The summed E-state index contributed by atoms with van der Waals surface area (Å²) in [6.07, 6.45) is 4.26. The summed E-state index contributed by atoms with van der Waals surface area (Å²) in [5, 5.41) is 3.69. The summed E-state index contributed by atoms with van der Waals surface area (Å²) >= 11 is 0. The van der Waals surface area contributed by atoms with E-state index in [0.29, 0.717) is 5.41 Å². The number of nitrogens with zero attached hydrogens (tertiary/aromatic N) is 4. The van der Waals surface area contributed by atoms with Gasteiger partial charge in [0.25, 0.3) is 0 Å². The zero-order valence-corrected chi connectivity index (χ0v) is 11.9. The van der Waals surface area contributed by atoms with E-state index in [4.69, 9.17) is 5.53 Å². The summed E-state index contributed by atoms with van der Waals surface area (Å²) < 4.78 is 0. The van der Waals surface area contributed by atoms with Crippen molar-refractivity contribution in [1.29, 1.82) is 0 Å². The number of likely N-dealkylation sites (tertiary alicyclic amines) is 1. The van der Waals surface area contributed by atoms with Crippen LogP contribution in [-0.2, 0) is 5.41 Å². The highest BCUT2D eigenvalue weighted by Crippen LogP contribution is 2.63. The van der Waals surface area contributed by atoms with E-state index in [9.17, 15) is 0 Å². The van der Waals surface area contributed by atoms with Gasteiger partial charge in [0.2, 0.25) is 0 Å². The fourth-order valence-corrected chi connectivity index (χ4v) is 5.41. The molecule has 4 heteroatoms. The third-order valence-electron chi connectivity index (χ3n) is 6.04. The number of fused-ring (bicyclic) bond motifs is 5. The van der Waals surface area contributed by atoms with Crippen LogP contribution in [0.25, 0.3) is 10.4 Å². The van der Waals surface area contributed by atoms with Crippen LogP contribution < -0.4 is 0 Å². The van der Waals surface area contributed by atoms with Crippen LogP contribution in [0.4, 0.5) is 5.69 Å². The standard InChI is InChI=1S/C16H20N4/c1-20-9-15-11-2-3-13(8-11)16(15,10-20)12-4-6-14(7-5-12)18-19-17/h4-7,11,13,15H,2-3,8-10H2,1H3. The summed E-state index contributed by atoms with van der Waals surface area (Å²) in [7, 11) is 2.26. The van der Waals surface area contributed by atoms with Crippen molar-refractivity contribution in [1.82, 2.24) is 4.90 Å². The normalized spacial score (nSPS) is 38.8. The largest absolute Gasteiger partial charge is 0.305 e. The topological polar surface area (TPSA) is 52.0 Å². The lowest BCUT2D eigenvalue weighted by Gasteiger charge is -2.39. The SMILES string of the molecule is CN1CC2C3CCC(C3)C2(c2ccc(N=[N+]=[N-])cc2)C1. The summed E-state index contributed by atoms with van der Waals surface area (Å²) in [6.45, 7) is 2.44. The number of rotatable bonds is 2. The Morgan fingerprint density at radius 3 is 2.85 bits per heavy atom. The van der Waals surface area contributed by atoms with Gasteiger partial charge in [0.1, 0.15) is 0 Å². The maximum Gasteiger partial charge on any atom is 0.0375 e. The maximum absolute atomic E-state index is 8.52. The Morgan fingerprint density at radius 2 is 2.10 bits per heavy atom. The highest BCUT2D eigenvalue weighted by molar-refractivity contribution is 5.43. The Morgan fingerprint density at radius 1 is 1.30 bits per heavy atom. The fourth-order valence-electron chi connectivity index (χ4n) is 5.41. The van der Waals surface area contributed by atoms with E-state index in [-0.39, 0.29) is 0 Å². The number of azide groups is 1. The molecule has 3 fully saturated rings. The van der Waals surface area contributed by atoms with Crippen molar-refractivity contribution >= 4 is 5.69 Å². The zero-order chi connectivity index (χ0) is 13.7. The molecule has 1 aliphatic heterocycles. The minimum atomic E-state index is 0.368. The fraction of sp³-hybridized carbons (Fsp3) is 0.625. The van der Waals surface area contributed by atoms with Crippen LogP contribution >= 0.6 is 0 Å². The molecule has 3 aliphatic rings. The molecule has 20 heavy (non-hydrogen) atoms. The third kappa shape index (κ3) is 1.49. The summed E-state index contributed by atoms with van der Waals surface area (Å²) in [6, 6.07) is 8.37. The average molecular weight is 268 g/mol. The molecular weight excluding hydrogens is 248 g/mol. The second kappa shape index (κ2) is 4.24. The Balaban J connectivity index is 1.76. The van der Waals surface area contributed by atoms with Crippen molar-refractivity contribution in [2.24, 2.45) is 22.9 Å². The maximum atomic E-state index is 8.52. The summed E-state index contributed by atoms with van der Waals surface area (Å²) in [5.74, 6) is 2.62. The van der Waals surface area contributed by atoms with E-state index in [1.165, 1.54) is 37.9 Å². The third-order valence-corrected chi connectivity index (χ3v) is 6.04. The number of likely N-dealkylation sites (N-methyl/N-ethyl adjacent to an activating group) is 1. The summed E-state index contributed by atoms with van der Waals surface area (Å²) in [4.78, 5) is 5.38. The summed E-state index contributed by atoms with van der Waals surface area (Å²) in [5.41, 5.74) is 11.1. The molecule has 1 aromatic rings. The quantitative estimate of drug-likeness (QED) is 0.456. The van der Waals surface area contributed by atoms with E-state index in [2.05, 4.69) is 34.1 Å². The van der Waals surface area contributed by atoms with E-state index < -0.39 is 0 Å². The van der Waals surface area contributed by atoms with Crippen molar-refractivity contribution < 1.29 is 0 Å². The van der Waals surface area contributed by atoms with Crippen molar-refractivity contribution in [2.75, 3.05) is 20.1 Å². The molecular formula is C16H20N4. The predicted octanol–water partition coefficient (Wildman–Crippen LogP) is 3.86. The first-order valence-electron chi connectivity index (χ1n) is 7.58. The molecule has 0 radical (unpaired) electrons. The first-order valence-corrected chi connectivity index (χ1v) is 7.58. The predicted molar refractivity (Wildman–Crippen MR) is 78.7 cm³/mol. The van der Waals surface area contributed by atoms with Crippen LogP contribution in [0.15, 0.2) is 29.4 Å². The van der Waals surface area contributed by atoms with E-state index >= 15 is 0 Å². The van der Waals surface area contributed by atoms with E-state index in [1.54, 1.807) is 0 Å². The number of hydrogen-bond acceptors (Lipinski definition) is 2. The monoisotopic (exact) mass is 268 g/mol. The van der Waals surface area contributed by atoms with Crippen molar-refractivity contribution in [3.8, 4) is 0 Å². The van der Waals surface area contributed by atoms with Crippen LogP contribution in [0, 0.1) is 17.8 Å². The highest BCUT2D eigenvalue weighted by atomic mass is 15.2. The first kappa shape index (κ1) is 12.2. The smallest absolute Gasteiger partial charge is 0.0375 e. The van der Waals surface area contributed by atoms with E-state index in [1.807, 2.05) is 12.1 Å². The number of benzene rings is 1. The molecule has 4 rings (SSSR count). The van der Waals surface area contributed by atoms with Crippen molar-refractivity contribution in [3.05, 3.63) is 40.3 Å².